The SMILES string of the molecule is C#CC1CN(C)P(=O)(SC)N1C. The smallest absolute Gasteiger partial charge is 0.272 e. The number of rotatable bonds is 1. The van der Waals surface area contributed by atoms with E-state index in [4.69, 9.17) is 6.42 Å². The average Bonchev–Trinajstić information content (AvgIpc) is 2.30. The second-order valence-electron chi connectivity index (χ2n) is 2.77. The Labute approximate surface area is 77.7 Å². The third-order valence-electron chi connectivity index (χ3n) is 2.15. The molecule has 0 aromatic rings. The van der Waals surface area contributed by atoms with Gasteiger partial charge in [-0.25, -0.2) is 9.34 Å². The molecule has 3 nitrogen and oxygen atoms in total. The zero-order chi connectivity index (χ0) is 9.35. The maximum absolute atomic E-state index is 12.1. The molecule has 2 unspecified atom stereocenters. The summed E-state index contributed by atoms with van der Waals surface area (Å²) in [6, 6.07) is -0.00622. The highest BCUT2D eigenvalue weighted by atomic mass is 32.7. The predicted octanol–water partition coefficient (Wildman–Crippen LogP) is 1.34. The Kier molecular flexibility index (Phi) is 2.90. The van der Waals surface area contributed by atoms with E-state index < -0.39 is 6.65 Å². The minimum absolute atomic E-state index is 0.00622. The molecular weight excluding hydrogens is 191 g/mol. The van der Waals surface area contributed by atoms with Crippen LogP contribution < -0.4 is 0 Å². The Morgan fingerprint density at radius 1 is 1.67 bits per heavy atom. The number of hydrogen-bond donors (Lipinski definition) is 0. The summed E-state index contributed by atoms with van der Waals surface area (Å²) in [5, 5.41) is 0. The van der Waals surface area contributed by atoms with Crippen LogP contribution in [0.15, 0.2) is 0 Å². The number of nitrogens with zero attached hydrogens (tertiary/aromatic N) is 2. The van der Waals surface area contributed by atoms with E-state index in [1.807, 2.05) is 25.0 Å². The molecule has 0 N–H and O–H groups in total. The molecule has 1 aliphatic heterocycles. The van der Waals surface area contributed by atoms with E-state index >= 15 is 0 Å². The molecule has 0 aromatic heterocycles. The lowest BCUT2D eigenvalue weighted by Gasteiger charge is -2.23. The van der Waals surface area contributed by atoms with Gasteiger partial charge in [-0.15, -0.1) is 6.42 Å². The van der Waals surface area contributed by atoms with Crippen molar-refractivity contribution in [1.29, 1.82) is 0 Å². The molecule has 12 heavy (non-hydrogen) atoms. The predicted molar refractivity (Wildman–Crippen MR) is 54.1 cm³/mol. The van der Waals surface area contributed by atoms with Gasteiger partial charge in [0.05, 0.1) is 6.04 Å². The van der Waals surface area contributed by atoms with E-state index in [0.717, 1.165) is 0 Å². The first-order chi connectivity index (χ1) is 5.56. The molecule has 0 amide bonds. The van der Waals surface area contributed by atoms with E-state index in [1.165, 1.54) is 11.4 Å². The van der Waals surface area contributed by atoms with Crippen LogP contribution in [-0.4, -0.2) is 42.3 Å². The van der Waals surface area contributed by atoms with Crippen LogP contribution in [0.3, 0.4) is 0 Å². The molecule has 0 saturated carbocycles. The molecule has 5 heteroatoms. The molecule has 1 rings (SSSR count). The van der Waals surface area contributed by atoms with E-state index in [9.17, 15) is 4.57 Å². The zero-order valence-corrected chi connectivity index (χ0v) is 9.23. The van der Waals surface area contributed by atoms with Gasteiger partial charge < -0.3 is 0 Å². The lowest BCUT2D eigenvalue weighted by Crippen LogP contribution is -2.22. The summed E-state index contributed by atoms with van der Waals surface area (Å²) in [4.78, 5) is 0. The topological polar surface area (TPSA) is 23.6 Å². The van der Waals surface area contributed by atoms with Crippen LogP contribution in [0.25, 0.3) is 0 Å². The fraction of sp³-hybridized carbons (Fsp3) is 0.714. The molecule has 0 radical (unpaired) electrons. The maximum Gasteiger partial charge on any atom is 0.272 e. The van der Waals surface area contributed by atoms with Crippen LogP contribution in [0.4, 0.5) is 0 Å². The first kappa shape index (κ1) is 10.1. The minimum atomic E-state index is -2.36. The molecule has 0 spiro atoms. The summed E-state index contributed by atoms with van der Waals surface area (Å²) in [5.41, 5.74) is 0. The van der Waals surface area contributed by atoms with Gasteiger partial charge in [0.15, 0.2) is 0 Å². The van der Waals surface area contributed by atoms with E-state index in [1.54, 1.807) is 4.67 Å². The van der Waals surface area contributed by atoms with Gasteiger partial charge in [0.25, 0.3) is 6.65 Å². The Hall–Kier alpha value is 0.0600. The standard InChI is InChI=1S/C7H13N2OPS/c1-5-7-6-8(2)11(10,12-4)9(7)3/h1,7H,6H2,2-4H3. The Morgan fingerprint density at radius 3 is 2.50 bits per heavy atom. The molecule has 0 aromatic carbocycles. The molecule has 0 bridgehead atoms. The largest absolute Gasteiger partial charge is 0.276 e. The molecular formula is C7H13N2OPS. The van der Waals surface area contributed by atoms with Crippen molar-refractivity contribution < 1.29 is 4.57 Å². The number of likely N-dealkylation sites (N-methyl/N-ethyl adjacent to an activating group) is 2. The van der Waals surface area contributed by atoms with Crippen LogP contribution in [0.5, 0.6) is 0 Å². The van der Waals surface area contributed by atoms with Crippen molar-refractivity contribution >= 4 is 18.0 Å². The monoisotopic (exact) mass is 204 g/mol. The van der Waals surface area contributed by atoms with Crippen LogP contribution in [0.1, 0.15) is 0 Å². The van der Waals surface area contributed by atoms with Crippen molar-refractivity contribution in [3.05, 3.63) is 0 Å². The highest BCUT2D eigenvalue weighted by molar-refractivity contribution is 8.56. The highest BCUT2D eigenvalue weighted by Gasteiger charge is 2.43. The van der Waals surface area contributed by atoms with Crippen LogP contribution in [0.2, 0.25) is 0 Å². The second-order valence-corrected chi connectivity index (χ2v) is 7.95. The fourth-order valence-electron chi connectivity index (χ4n) is 1.32. The summed E-state index contributed by atoms with van der Waals surface area (Å²) in [6.07, 6.45) is 7.17. The van der Waals surface area contributed by atoms with Crippen molar-refractivity contribution in [2.24, 2.45) is 0 Å². The van der Waals surface area contributed by atoms with Crippen molar-refractivity contribution in [3.8, 4) is 12.3 Å². The van der Waals surface area contributed by atoms with Crippen molar-refractivity contribution in [3.63, 3.8) is 0 Å². The summed E-state index contributed by atoms with van der Waals surface area (Å²) in [5.74, 6) is 2.63. The lowest BCUT2D eigenvalue weighted by molar-refractivity contribution is 0.475. The highest BCUT2D eigenvalue weighted by Crippen LogP contribution is 2.65. The van der Waals surface area contributed by atoms with E-state index in [2.05, 4.69) is 5.92 Å². The molecule has 1 saturated heterocycles. The van der Waals surface area contributed by atoms with Gasteiger partial charge in [0.1, 0.15) is 0 Å². The van der Waals surface area contributed by atoms with Crippen molar-refractivity contribution in [2.75, 3.05) is 26.9 Å². The maximum atomic E-state index is 12.1. The summed E-state index contributed by atoms with van der Waals surface area (Å²) >= 11 is 1.38. The Morgan fingerprint density at radius 2 is 2.25 bits per heavy atom. The molecule has 68 valence electrons. The first-order valence-corrected chi connectivity index (χ1v) is 7.07. The third-order valence-corrected chi connectivity index (χ3v) is 7.76. The Bertz CT molecular complexity index is 263. The summed E-state index contributed by atoms with van der Waals surface area (Å²) < 4.78 is 15.8. The zero-order valence-electron chi connectivity index (χ0n) is 7.52. The fourth-order valence-corrected chi connectivity index (χ4v) is 5.34. The van der Waals surface area contributed by atoms with Crippen molar-refractivity contribution in [2.45, 2.75) is 6.04 Å². The third kappa shape index (κ3) is 1.31. The van der Waals surface area contributed by atoms with Crippen LogP contribution in [-0.2, 0) is 4.57 Å². The van der Waals surface area contributed by atoms with E-state index in [0.29, 0.717) is 6.54 Å². The van der Waals surface area contributed by atoms with Gasteiger partial charge in [-0.2, -0.15) is 0 Å². The van der Waals surface area contributed by atoms with Gasteiger partial charge in [0, 0.05) is 6.54 Å². The summed E-state index contributed by atoms with van der Waals surface area (Å²) in [6.45, 7) is -1.67. The molecule has 1 aliphatic rings. The molecule has 2 atom stereocenters. The van der Waals surface area contributed by atoms with Crippen LogP contribution in [0, 0.1) is 12.3 Å². The lowest BCUT2D eigenvalue weighted by atomic mass is 10.3. The molecule has 1 fully saturated rings. The molecule has 0 aliphatic carbocycles. The van der Waals surface area contributed by atoms with Gasteiger partial charge in [-0.3, -0.25) is 4.57 Å². The number of hydrogen-bond acceptors (Lipinski definition) is 2. The second kappa shape index (κ2) is 3.43. The van der Waals surface area contributed by atoms with Gasteiger partial charge in [-0.05, 0) is 20.4 Å². The van der Waals surface area contributed by atoms with Crippen LogP contribution >= 0.6 is 18.0 Å². The Balaban J connectivity index is 2.93. The van der Waals surface area contributed by atoms with Gasteiger partial charge in [-0.1, -0.05) is 17.3 Å². The van der Waals surface area contributed by atoms with E-state index in [-0.39, 0.29) is 6.04 Å². The van der Waals surface area contributed by atoms with Gasteiger partial charge >= 0.3 is 0 Å². The minimum Gasteiger partial charge on any atom is -0.276 e. The number of terminal acetylenes is 1. The average molecular weight is 204 g/mol. The summed E-state index contributed by atoms with van der Waals surface area (Å²) in [7, 11) is 3.68. The quantitative estimate of drug-likeness (QED) is 0.475. The molecule has 1 heterocycles. The van der Waals surface area contributed by atoms with Crippen molar-refractivity contribution in [1.82, 2.24) is 9.34 Å². The first-order valence-electron chi connectivity index (χ1n) is 3.63. The normalized spacial score (nSPS) is 38.3. The van der Waals surface area contributed by atoms with Gasteiger partial charge in [0.2, 0.25) is 0 Å².